The van der Waals surface area contributed by atoms with Crippen molar-refractivity contribution in [1.82, 2.24) is 9.80 Å². The van der Waals surface area contributed by atoms with E-state index in [0.29, 0.717) is 12.1 Å². The molecule has 2 saturated heterocycles. The van der Waals surface area contributed by atoms with Crippen LogP contribution in [0.3, 0.4) is 0 Å². The largest absolute Gasteiger partial charge is 0.385 e. The molecule has 144 valence electrons. The molecule has 0 spiro atoms. The van der Waals surface area contributed by atoms with E-state index in [0.717, 1.165) is 51.7 Å². The molecule has 0 aromatic rings. The Morgan fingerprint density at radius 2 is 1.04 bits per heavy atom. The van der Waals surface area contributed by atoms with Gasteiger partial charge in [-0.1, -0.05) is 0 Å². The van der Waals surface area contributed by atoms with Crippen molar-refractivity contribution in [1.29, 1.82) is 0 Å². The molecule has 0 unspecified atom stereocenters. The molecular formula is C18H40N4O2. The summed E-state index contributed by atoms with van der Waals surface area (Å²) in [5.41, 5.74) is 11.6. The Hall–Kier alpha value is -0.240. The summed E-state index contributed by atoms with van der Waals surface area (Å²) in [7, 11) is 3.51. The van der Waals surface area contributed by atoms with Gasteiger partial charge in [-0.15, -0.1) is 0 Å². The number of nitrogens with zero attached hydrogens (tertiary/aromatic N) is 2. The first-order chi connectivity index (χ1) is 11.7. The molecule has 2 rings (SSSR count). The van der Waals surface area contributed by atoms with Gasteiger partial charge in [0.2, 0.25) is 0 Å². The molecule has 0 radical (unpaired) electrons. The number of likely N-dealkylation sites (tertiary alicyclic amines) is 2. The highest BCUT2D eigenvalue weighted by Gasteiger charge is 2.15. The van der Waals surface area contributed by atoms with Gasteiger partial charge in [0.05, 0.1) is 0 Å². The predicted octanol–water partition coefficient (Wildman–Crippen LogP) is 0.892. The van der Waals surface area contributed by atoms with E-state index in [1.807, 2.05) is 0 Å². The fourth-order valence-electron chi connectivity index (χ4n) is 3.22. The van der Waals surface area contributed by atoms with Crippen molar-refractivity contribution in [3.63, 3.8) is 0 Å². The number of hydrogen-bond acceptors (Lipinski definition) is 6. The number of hydrogen-bond donors (Lipinski definition) is 2. The lowest BCUT2D eigenvalue weighted by Crippen LogP contribution is -2.40. The third-order valence-corrected chi connectivity index (χ3v) is 4.91. The van der Waals surface area contributed by atoms with Crippen LogP contribution >= 0.6 is 0 Å². The molecule has 6 heteroatoms. The van der Waals surface area contributed by atoms with Crippen molar-refractivity contribution in [2.45, 2.75) is 50.6 Å². The lowest BCUT2D eigenvalue weighted by Gasteiger charge is -2.29. The molecule has 2 aliphatic rings. The molecule has 0 bridgehead atoms. The van der Waals surface area contributed by atoms with Crippen LogP contribution in [0.4, 0.5) is 0 Å². The molecule has 24 heavy (non-hydrogen) atoms. The molecule has 2 aliphatic heterocycles. The average molecular weight is 345 g/mol. The van der Waals surface area contributed by atoms with Crippen molar-refractivity contribution in [2.24, 2.45) is 11.5 Å². The second-order valence-corrected chi connectivity index (χ2v) is 7.05. The Kier molecular flexibility index (Phi) is 12.7. The van der Waals surface area contributed by atoms with Gasteiger partial charge < -0.3 is 30.7 Å². The Balaban J connectivity index is 0.000000240. The topological polar surface area (TPSA) is 77.0 Å². The molecule has 0 aromatic heterocycles. The summed E-state index contributed by atoms with van der Waals surface area (Å²) >= 11 is 0. The zero-order valence-corrected chi connectivity index (χ0v) is 15.9. The van der Waals surface area contributed by atoms with Gasteiger partial charge in [-0.2, -0.15) is 0 Å². The van der Waals surface area contributed by atoms with Crippen LogP contribution < -0.4 is 11.5 Å². The smallest absolute Gasteiger partial charge is 0.0474 e. The molecule has 0 amide bonds. The van der Waals surface area contributed by atoms with E-state index in [2.05, 4.69) is 9.80 Å². The maximum Gasteiger partial charge on any atom is 0.0474 e. The quantitative estimate of drug-likeness (QED) is 0.637. The zero-order valence-electron chi connectivity index (χ0n) is 15.9. The van der Waals surface area contributed by atoms with Crippen molar-refractivity contribution in [3.05, 3.63) is 0 Å². The van der Waals surface area contributed by atoms with Crippen LogP contribution in [0.1, 0.15) is 38.5 Å². The summed E-state index contributed by atoms with van der Waals surface area (Å²) in [4.78, 5) is 4.95. The summed E-state index contributed by atoms with van der Waals surface area (Å²) in [6.45, 7) is 8.78. The minimum Gasteiger partial charge on any atom is -0.385 e. The van der Waals surface area contributed by atoms with E-state index >= 15 is 0 Å². The highest BCUT2D eigenvalue weighted by Crippen LogP contribution is 2.08. The Morgan fingerprint density at radius 3 is 1.33 bits per heavy atom. The molecule has 0 aliphatic carbocycles. The van der Waals surface area contributed by atoms with Crippen LogP contribution in [0.25, 0.3) is 0 Å². The highest BCUT2D eigenvalue weighted by atomic mass is 16.5. The molecule has 0 saturated carbocycles. The number of ether oxygens (including phenoxy) is 2. The number of piperidine rings is 2. The average Bonchev–Trinajstić information content (AvgIpc) is 2.59. The minimum atomic E-state index is 0.448. The van der Waals surface area contributed by atoms with Crippen molar-refractivity contribution >= 4 is 0 Å². The maximum atomic E-state index is 5.80. The van der Waals surface area contributed by atoms with Gasteiger partial charge in [-0.3, -0.25) is 0 Å². The van der Waals surface area contributed by atoms with Crippen LogP contribution in [0.2, 0.25) is 0 Å². The van der Waals surface area contributed by atoms with E-state index in [1.54, 1.807) is 14.2 Å². The minimum absolute atomic E-state index is 0.448. The first kappa shape index (κ1) is 21.8. The first-order valence-electron chi connectivity index (χ1n) is 9.59. The van der Waals surface area contributed by atoms with Crippen LogP contribution in [-0.2, 0) is 9.47 Å². The molecule has 2 fully saturated rings. The third kappa shape index (κ3) is 10.6. The van der Waals surface area contributed by atoms with E-state index in [1.165, 1.54) is 39.3 Å². The molecule has 6 nitrogen and oxygen atoms in total. The van der Waals surface area contributed by atoms with Crippen molar-refractivity contribution < 1.29 is 9.47 Å². The van der Waals surface area contributed by atoms with Gasteiger partial charge in [0.1, 0.15) is 0 Å². The molecule has 4 N–H and O–H groups in total. The predicted molar refractivity (Wildman–Crippen MR) is 100 cm³/mol. The standard InChI is InChI=1S/2C9H20N2O/c2*1-12-8-2-5-11-6-3-9(10)4-7-11/h2*9H,2-8,10H2,1H3. The highest BCUT2D eigenvalue weighted by molar-refractivity contribution is 4.74. The first-order valence-corrected chi connectivity index (χ1v) is 9.59. The fourth-order valence-corrected chi connectivity index (χ4v) is 3.22. The van der Waals surface area contributed by atoms with Gasteiger partial charge >= 0.3 is 0 Å². The lowest BCUT2D eigenvalue weighted by atomic mass is 10.1. The summed E-state index contributed by atoms with van der Waals surface area (Å²) in [6.07, 6.45) is 6.93. The van der Waals surface area contributed by atoms with E-state index in [-0.39, 0.29) is 0 Å². The molecule has 0 aromatic carbocycles. The van der Waals surface area contributed by atoms with E-state index in [4.69, 9.17) is 20.9 Å². The zero-order chi connectivity index (χ0) is 17.6. The third-order valence-electron chi connectivity index (χ3n) is 4.91. The fraction of sp³-hybridized carbons (Fsp3) is 1.00. The number of methoxy groups -OCH3 is 2. The summed E-state index contributed by atoms with van der Waals surface area (Å²) in [6, 6.07) is 0.896. The maximum absolute atomic E-state index is 5.80. The Labute approximate surface area is 148 Å². The second kappa shape index (κ2) is 14.0. The second-order valence-electron chi connectivity index (χ2n) is 7.05. The Bertz CT molecular complexity index is 250. The molecular weight excluding hydrogens is 304 g/mol. The Morgan fingerprint density at radius 1 is 0.708 bits per heavy atom. The van der Waals surface area contributed by atoms with Gasteiger partial charge in [0.25, 0.3) is 0 Å². The van der Waals surface area contributed by atoms with Crippen LogP contribution in [0.5, 0.6) is 0 Å². The van der Waals surface area contributed by atoms with E-state index in [9.17, 15) is 0 Å². The summed E-state index contributed by atoms with van der Waals surface area (Å²) < 4.78 is 10.0. The lowest BCUT2D eigenvalue weighted by molar-refractivity contribution is 0.157. The monoisotopic (exact) mass is 344 g/mol. The van der Waals surface area contributed by atoms with E-state index < -0.39 is 0 Å². The van der Waals surface area contributed by atoms with Gasteiger partial charge in [-0.05, 0) is 64.7 Å². The SMILES string of the molecule is COCCCN1CCC(N)CC1.COCCCN1CCC(N)CC1. The molecule has 0 atom stereocenters. The number of nitrogens with two attached hydrogens (primary N) is 2. The van der Waals surface area contributed by atoms with Gasteiger partial charge in [0.15, 0.2) is 0 Å². The molecule has 2 heterocycles. The van der Waals surface area contributed by atoms with Crippen molar-refractivity contribution in [2.75, 3.05) is 66.7 Å². The summed E-state index contributed by atoms with van der Waals surface area (Å²) in [5, 5.41) is 0. The van der Waals surface area contributed by atoms with Gasteiger partial charge in [-0.25, -0.2) is 0 Å². The van der Waals surface area contributed by atoms with Gasteiger partial charge in [0, 0.05) is 52.6 Å². The van der Waals surface area contributed by atoms with Crippen LogP contribution in [0.15, 0.2) is 0 Å². The van der Waals surface area contributed by atoms with Crippen molar-refractivity contribution in [3.8, 4) is 0 Å². The number of rotatable bonds is 8. The van der Waals surface area contributed by atoms with Crippen LogP contribution in [-0.4, -0.2) is 88.6 Å². The summed E-state index contributed by atoms with van der Waals surface area (Å²) in [5.74, 6) is 0. The van der Waals surface area contributed by atoms with Crippen LogP contribution in [0, 0.1) is 0 Å². The normalized spacial score (nSPS) is 21.5.